The molecule has 6 heteroatoms. The lowest BCUT2D eigenvalue weighted by atomic mass is 10.1. The van der Waals surface area contributed by atoms with Crippen LogP contribution in [0.1, 0.15) is 0 Å². The molecule has 27 heavy (non-hydrogen) atoms. The normalized spacial score (nSPS) is 15.7. The Bertz CT molecular complexity index is 1090. The van der Waals surface area contributed by atoms with E-state index in [0.717, 1.165) is 61.9 Å². The minimum absolute atomic E-state index is 0.255. The van der Waals surface area contributed by atoms with Crippen molar-refractivity contribution in [1.29, 1.82) is 0 Å². The summed E-state index contributed by atoms with van der Waals surface area (Å²) in [7, 11) is 0. The standard InChI is InChI=1S/C21H22N4O2/c26-17-5-3-4-16(14-17)18-15-25-20-7-2-1-6-19(20)24(21(25)22-18)9-8-23-10-12-27-13-11-23/h1-7,14-15,26H,8-13H2. The number of rotatable bonds is 4. The molecule has 1 aliphatic rings. The second kappa shape index (κ2) is 6.72. The number of aromatic hydroxyl groups is 1. The third-order valence-electron chi connectivity index (χ3n) is 5.25. The fraction of sp³-hybridized carbons (Fsp3) is 0.286. The molecule has 0 radical (unpaired) electrons. The molecule has 1 fully saturated rings. The summed E-state index contributed by atoms with van der Waals surface area (Å²) >= 11 is 0. The number of fused-ring (bicyclic) bond motifs is 3. The van der Waals surface area contributed by atoms with Crippen LogP contribution in [-0.2, 0) is 11.3 Å². The first-order valence-corrected chi connectivity index (χ1v) is 9.35. The molecule has 0 amide bonds. The number of hydrogen-bond donors (Lipinski definition) is 1. The van der Waals surface area contributed by atoms with Crippen molar-refractivity contribution < 1.29 is 9.84 Å². The number of imidazole rings is 2. The van der Waals surface area contributed by atoms with Crippen molar-refractivity contribution in [2.45, 2.75) is 6.54 Å². The van der Waals surface area contributed by atoms with E-state index in [1.165, 1.54) is 5.52 Å². The van der Waals surface area contributed by atoms with Crippen LogP contribution in [0.2, 0.25) is 0 Å². The van der Waals surface area contributed by atoms with Gasteiger partial charge in [0.25, 0.3) is 0 Å². The Morgan fingerprint density at radius 2 is 1.78 bits per heavy atom. The van der Waals surface area contributed by atoms with E-state index >= 15 is 0 Å². The average Bonchev–Trinajstić information content (AvgIpc) is 3.25. The maximum absolute atomic E-state index is 9.80. The molecule has 2 aromatic carbocycles. The SMILES string of the molecule is Oc1cccc(-c2cn3c4ccccc4n(CCN4CCOCC4)c3n2)c1. The molecule has 4 aromatic rings. The first kappa shape index (κ1) is 16.4. The van der Waals surface area contributed by atoms with E-state index in [1.54, 1.807) is 12.1 Å². The summed E-state index contributed by atoms with van der Waals surface area (Å²) < 4.78 is 9.89. The van der Waals surface area contributed by atoms with E-state index in [1.807, 2.05) is 12.1 Å². The number of phenols is 1. The molecular formula is C21H22N4O2. The molecule has 0 atom stereocenters. The Kier molecular flexibility index (Phi) is 4.07. The molecule has 1 N–H and O–H groups in total. The van der Waals surface area contributed by atoms with Crippen molar-refractivity contribution in [2.75, 3.05) is 32.8 Å². The van der Waals surface area contributed by atoms with E-state index in [9.17, 15) is 5.11 Å². The maximum Gasteiger partial charge on any atom is 0.215 e. The van der Waals surface area contributed by atoms with Crippen molar-refractivity contribution in [1.82, 2.24) is 18.9 Å². The van der Waals surface area contributed by atoms with Crippen molar-refractivity contribution >= 4 is 16.8 Å². The van der Waals surface area contributed by atoms with E-state index in [0.29, 0.717) is 0 Å². The van der Waals surface area contributed by atoms with Gasteiger partial charge >= 0.3 is 0 Å². The Morgan fingerprint density at radius 1 is 0.963 bits per heavy atom. The first-order chi connectivity index (χ1) is 13.3. The van der Waals surface area contributed by atoms with Crippen LogP contribution in [0.15, 0.2) is 54.7 Å². The van der Waals surface area contributed by atoms with Gasteiger partial charge in [-0.25, -0.2) is 4.98 Å². The number of nitrogens with zero attached hydrogens (tertiary/aromatic N) is 4. The van der Waals surface area contributed by atoms with Crippen molar-refractivity contribution in [3.8, 4) is 17.0 Å². The second-order valence-corrected chi connectivity index (χ2v) is 6.94. The zero-order valence-electron chi connectivity index (χ0n) is 15.1. The molecule has 138 valence electrons. The van der Waals surface area contributed by atoms with Crippen molar-refractivity contribution in [3.63, 3.8) is 0 Å². The van der Waals surface area contributed by atoms with Gasteiger partial charge in [0.05, 0.1) is 29.9 Å². The van der Waals surface area contributed by atoms with Gasteiger partial charge in [0.2, 0.25) is 5.78 Å². The van der Waals surface area contributed by atoms with Gasteiger partial charge in [-0.2, -0.15) is 0 Å². The molecule has 0 saturated carbocycles. The van der Waals surface area contributed by atoms with Crippen LogP contribution < -0.4 is 0 Å². The van der Waals surface area contributed by atoms with Crippen LogP contribution in [0.3, 0.4) is 0 Å². The molecule has 3 heterocycles. The summed E-state index contributed by atoms with van der Waals surface area (Å²) in [6.07, 6.45) is 2.05. The quantitative estimate of drug-likeness (QED) is 0.606. The van der Waals surface area contributed by atoms with Gasteiger partial charge in [0.1, 0.15) is 5.75 Å². The predicted octanol–water partition coefficient (Wildman–Crippen LogP) is 2.99. The summed E-state index contributed by atoms with van der Waals surface area (Å²) in [5, 5.41) is 9.80. The second-order valence-electron chi connectivity index (χ2n) is 6.94. The lowest BCUT2D eigenvalue weighted by molar-refractivity contribution is 0.0366. The van der Waals surface area contributed by atoms with Crippen molar-refractivity contribution in [3.05, 3.63) is 54.7 Å². The van der Waals surface area contributed by atoms with Crippen LogP contribution in [0, 0.1) is 0 Å². The van der Waals surface area contributed by atoms with Gasteiger partial charge in [0, 0.05) is 37.9 Å². The van der Waals surface area contributed by atoms with E-state index in [2.05, 4.69) is 44.3 Å². The monoisotopic (exact) mass is 362 g/mol. The Hall–Kier alpha value is -2.83. The van der Waals surface area contributed by atoms with Crippen molar-refractivity contribution in [2.24, 2.45) is 0 Å². The summed E-state index contributed by atoms with van der Waals surface area (Å²) in [5.41, 5.74) is 4.12. The molecule has 1 aliphatic heterocycles. The van der Waals surface area contributed by atoms with Crippen LogP contribution in [-0.4, -0.2) is 56.8 Å². The maximum atomic E-state index is 9.80. The highest BCUT2D eigenvalue weighted by Crippen LogP contribution is 2.27. The highest BCUT2D eigenvalue weighted by Gasteiger charge is 2.16. The molecule has 1 saturated heterocycles. The van der Waals surface area contributed by atoms with E-state index < -0.39 is 0 Å². The van der Waals surface area contributed by atoms with Crippen LogP contribution in [0.25, 0.3) is 28.1 Å². The summed E-state index contributed by atoms with van der Waals surface area (Å²) in [4.78, 5) is 7.33. The number of ether oxygens (including phenoxy) is 1. The third-order valence-corrected chi connectivity index (χ3v) is 5.25. The minimum atomic E-state index is 0.255. The smallest absolute Gasteiger partial charge is 0.215 e. The van der Waals surface area contributed by atoms with Gasteiger partial charge in [-0.15, -0.1) is 0 Å². The average molecular weight is 362 g/mol. The highest BCUT2D eigenvalue weighted by molar-refractivity contribution is 5.82. The van der Waals surface area contributed by atoms with Gasteiger partial charge in [-0.1, -0.05) is 24.3 Å². The van der Waals surface area contributed by atoms with Gasteiger partial charge in [-0.3, -0.25) is 9.30 Å². The van der Waals surface area contributed by atoms with Crippen LogP contribution in [0.4, 0.5) is 0 Å². The molecule has 0 aliphatic carbocycles. The topological polar surface area (TPSA) is 54.9 Å². The lowest BCUT2D eigenvalue weighted by Crippen LogP contribution is -2.38. The molecule has 0 unspecified atom stereocenters. The number of aromatic nitrogens is 3. The minimum Gasteiger partial charge on any atom is -0.508 e. The fourth-order valence-electron chi connectivity index (χ4n) is 3.83. The fourth-order valence-corrected chi connectivity index (χ4v) is 3.83. The number of morpholine rings is 1. The van der Waals surface area contributed by atoms with E-state index in [4.69, 9.17) is 9.72 Å². The summed E-state index contributed by atoms with van der Waals surface area (Å²) in [6, 6.07) is 15.7. The Balaban J connectivity index is 1.57. The van der Waals surface area contributed by atoms with Gasteiger partial charge in [-0.05, 0) is 24.3 Å². The molecule has 5 rings (SSSR count). The largest absolute Gasteiger partial charge is 0.508 e. The van der Waals surface area contributed by atoms with Gasteiger partial charge in [0.15, 0.2) is 0 Å². The van der Waals surface area contributed by atoms with Crippen LogP contribution >= 0.6 is 0 Å². The number of benzene rings is 2. The highest BCUT2D eigenvalue weighted by atomic mass is 16.5. The molecule has 2 aromatic heterocycles. The summed E-state index contributed by atoms with van der Waals surface area (Å²) in [6.45, 7) is 5.45. The van der Waals surface area contributed by atoms with Crippen LogP contribution in [0.5, 0.6) is 5.75 Å². The van der Waals surface area contributed by atoms with Gasteiger partial charge < -0.3 is 14.4 Å². The number of para-hydroxylation sites is 2. The molecule has 0 spiro atoms. The molecule has 0 bridgehead atoms. The zero-order valence-corrected chi connectivity index (χ0v) is 15.1. The number of hydrogen-bond acceptors (Lipinski definition) is 4. The molecule has 6 nitrogen and oxygen atoms in total. The Labute approximate surface area is 157 Å². The third kappa shape index (κ3) is 2.97. The lowest BCUT2D eigenvalue weighted by Gasteiger charge is -2.26. The Morgan fingerprint density at radius 3 is 2.59 bits per heavy atom. The molecular weight excluding hydrogens is 340 g/mol. The summed E-state index contributed by atoms with van der Waals surface area (Å²) in [5.74, 6) is 1.19. The first-order valence-electron chi connectivity index (χ1n) is 9.35. The predicted molar refractivity (Wildman–Crippen MR) is 105 cm³/mol. The van der Waals surface area contributed by atoms with E-state index in [-0.39, 0.29) is 5.75 Å². The number of phenolic OH excluding ortho intramolecular Hbond substituents is 1. The zero-order chi connectivity index (χ0) is 18.2.